The van der Waals surface area contributed by atoms with Gasteiger partial charge in [0.05, 0.1) is 19.8 Å². The third-order valence-electron chi connectivity index (χ3n) is 3.90. The molecule has 7 heteroatoms. The SMILES string of the molecule is CC(C)CCCCC(=O)NC(CO)C(=O)NCC(=O)C1CO1.CCCC. The number of aliphatic hydroxyl groups excluding tert-OH is 1. The van der Waals surface area contributed by atoms with Crippen molar-refractivity contribution in [3.05, 3.63) is 0 Å². The van der Waals surface area contributed by atoms with Crippen molar-refractivity contribution in [2.45, 2.75) is 78.4 Å². The van der Waals surface area contributed by atoms with Gasteiger partial charge in [0.25, 0.3) is 0 Å². The van der Waals surface area contributed by atoms with Crippen LogP contribution in [0.3, 0.4) is 0 Å². The minimum Gasteiger partial charge on any atom is -0.394 e. The first-order valence-corrected chi connectivity index (χ1v) is 9.67. The summed E-state index contributed by atoms with van der Waals surface area (Å²) in [5, 5.41) is 14.1. The summed E-state index contributed by atoms with van der Waals surface area (Å²) in [6, 6.07) is -1.02. The van der Waals surface area contributed by atoms with Gasteiger partial charge in [0.2, 0.25) is 11.8 Å². The average Bonchev–Trinajstić information content (AvgIpc) is 3.46. The number of carbonyl (C=O) groups is 3. The fraction of sp³-hybridized carbons (Fsp3) is 0.842. The molecule has 1 saturated heterocycles. The minimum absolute atomic E-state index is 0.149. The lowest BCUT2D eigenvalue weighted by molar-refractivity contribution is -0.131. The summed E-state index contributed by atoms with van der Waals surface area (Å²) in [6.45, 7) is 8.35. The third-order valence-corrected chi connectivity index (χ3v) is 3.90. The van der Waals surface area contributed by atoms with Crippen molar-refractivity contribution in [3.8, 4) is 0 Å². The zero-order valence-corrected chi connectivity index (χ0v) is 16.7. The summed E-state index contributed by atoms with van der Waals surface area (Å²) in [5.74, 6) is -0.432. The lowest BCUT2D eigenvalue weighted by Crippen LogP contribution is -2.50. The molecule has 0 aromatic rings. The van der Waals surface area contributed by atoms with Gasteiger partial charge in [-0.2, -0.15) is 0 Å². The number of nitrogens with one attached hydrogen (secondary N) is 2. The van der Waals surface area contributed by atoms with Crippen LogP contribution in [0.1, 0.15) is 66.2 Å². The molecule has 1 aliphatic heterocycles. The van der Waals surface area contributed by atoms with E-state index in [2.05, 4.69) is 38.3 Å². The van der Waals surface area contributed by atoms with E-state index in [9.17, 15) is 19.5 Å². The summed E-state index contributed by atoms with van der Waals surface area (Å²) in [5.41, 5.74) is 0. The maximum atomic E-state index is 11.8. The molecular weight excluding hydrogens is 336 g/mol. The zero-order chi connectivity index (χ0) is 19.9. The minimum atomic E-state index is -1.02. The molecule has 0 aliphatic carbocycles. The van der Waals surface area contributed by atoms with E-state index >= 15 is 0 Å². The lowest BCUT2D eigenvalue weighted by atomic mass is 10.1. The van der Waals surface area contributed by atoms with Crippen LogP contribution in [0.2, 0.25) is 0 Å². The molecular formula is C19H36N2O5. The van der Waals surface area contributed by atoms with Gasteiger partial charge in [-0.15, -0.1) is 0 Å². The van der Waals surface area contributed by atoms with E-state index in [1.165, 1.54) is 12.8 Å². The smallest absolute Gasteiger partial charge is 0.245 e. The van der Waals surface area contributed by atoms with Gasteiger partial charge in [0, 0.05) is 6.42 Å². The fourth-order valence-corrected chi connectivity index (χ4v) is 1.94. The Kier molecular flexibility index (Phi) is 13.8. The molecule has 0 aromatic carbocycles. The van der Waals surface area contributed by atoms with Gasteiger partial charge in [0.1, 0.15) is 12.1 Å². The van der Waals surface area contributed by atoms with Crippen LogP contribution in [0.5, 0.6) is 0 Å². The first kappa shape index (κ1) is 24.5. The second kappa shape index (κ2) is 14.7. The van der Waals surface area contributed by atoms with Crippen LogP contribution in [0.4, 0.5) is 0 Å². The zero-order valence-electron chi connectivity index (χ0n) is 16.7. The van der Waals surface area contributed by atoms with Crippen molar-refractivity contribution in [2.24, 2.45) is 5.92 Å². The van der Waals surface area contributed by atoms with E-state index in [0.717, 1.165) is 19.3 Å². The van der Waals surface area contributed by atoms with Crippen molar-refractivity contribution in [2.75, 3.05) is 19.8 Å². The van der Waals surface area contributed by atoms with Crippen LogP contribution in [0.15, 0.2) is 0 Å². The number of ether oxygens (including phenoxy) is 1. The topological polar surface area (TPSA) is 108 Å². The predicted octanol–water partition coefficient (Wildman–Crippen LogP) is 1.57. The highest BCUT2D eigenvalue weighted by Crippen LogP contribution is 2.09. The Bertz CT molecular complexity index is 420. The summed E-state index contributed by atoms with van der Waals surface area (Å²) in [7, 11) is 0. The molecule has 2 amide bonds. The molecule has 2 atom stereocenters. The molecule has 0 radical (unpaired) electrons. The number of hydrogen-bond donors (Lipinski definition) is 3. The number of hydrogen-bond acceptors (Lipinski definition) is 5. The van der Waals surface area contributed by atoms with E-state index in [-0.39, 0.29) is 18.2 Å². The summed E-state index contributed by atoms with van der Waals surface area (Å²) in [6.07, 6.45) is 5.31. The molecule has 7 nitrogen and oxygen atoms in total. The maximum absolute atomic E-state index is 11.8. The summed E-state index contributed by atoms with van der Waals surface area (Å²) < 4.78 is 4.81. The Labute approximate surface area is 157 Å². The lowest BCUT2D eigenvalue weighted by Gasteiger charge is -2.16. The van der Waals surface area contributed by atoms with Gasteiger partial charge in [-0.25, -0.2) is 0 Å². The van der Waals surface area contributed by atoms with E-state index < -0.39 is 24.7 Å². The molecule has 1 heterocycles. The van der Waals surface area contributed by atoms with Gasteiger partial charge in [0.15, 0.2) is 5.78 Å². The van der Waals surface area contributed by atoms with Gasteiger partial charge < -0.3 is 20.5 Å². The largest absolute Gasteiger partial charge is 0.394 e. The molecule has 26 heavy (non-hydrogen) atoms. The highest BCUT2D eigenvalue weighted by Gasteiger charge is 2.31. The molecule has 2 unspecified atom stereocenters. The molecule has 1 aliphatic rings. The molecule has 0 bridgehead atoms. The normalized spacial score (nSPS) is 16.3. The van der Waals surface area contributed by atoms with Crippen LogP contribution >= 0.6 is 0 Å². The Balaban J connectivity index is 0.00000141. The monoisotopic (exact) mass is 372 g/mol. The van der Waals surface area contributed by atoms with Crippen LogP contribution in [0, 0.1) is 5.92 Å². The van der Waals surface area contributed by atoms with E-state index in [0.29, 0.717) is 18.9 Å². The number of carbonyl (C=O) groups excluding carboxylic acids is 3. The number of unbranched alkanes of at least 4 members (excludes halogenated alkanes) is 2. The van der Waals surface area contributed by atoms with Crippen molar-refractivity contribution < 1.29 is 24.2 Å². The number of amides is 2. The Morgan fingerprint density at radius 3 is 2.23 bits per heavy atom. The van der Waals surface area contributed by atoms with Crippen LogP contribution < -0.4 is 10.6 Å². The van der Waals surface area contributed by atoms with Crippen LogP contribution in [0.25, 0.3) is 0 Å². The first-order valence-electron chi connectivity index (χ1n) is 9.67. The summed E-state index contributed by atoms with van der Waals surface area (Å²) >= 11 is 0. The standard InChI is InChI=1S/C15H26N2O5.C4H10/c1-10(2)5-3-4-6-14(20)17-11(8-18)15(21)16-7-12(19)13-9-22-13;1-3-4-2/h10-11,13,18H,3-9H2,1-2H3,(H,16,21)(H,17,20);3-4H2,1-2H3. The number of rotatable bonds is 12. The second-order valence-corrected chi connectivity index (χ2v) is 6.95. The molecule has 152 valence electrons. The quantitative estimate of drug-likeness (QED) is 0.356. The predicted molar refractivity (Wildman–Crippen MR) is 101 cm³/mol. The Hall–Kier alpha value is -1.47. The highest BCUT2D eigenvalue weighted by molar-refractivity contribution is 5.93. The van der Waals surface area contributed by atoms with E-state index in [1.807, 2.05) is 0 Å². The molecule has 0 spiro atoms. The molecule has 3 N–H and O–H groups in total. The first-order chi connectivity index (χ1) is 12.3. The number of epoxide rings is 1. The van der Waals surface area contributed by atoms with Gasteiger partial charge in [-0.05, 0) is 12.3 Å². The molecule has 0 aromatic heterocycles. The van der Waals surface area contributed by atoms with Crippen molar-refractivity contribution in [3.63, 3.8) is 0 Å². The summed E-state index contributed by atoms with van der Waals surface area (Å²) in [4.78, 5) is 34.9. The number of ketones is 1. The second-order valence-electron chi connectivity index (χ2n) is 6.95. The van der Waals surface area contributed by atoms with Crippen molar-refractivity contribution >= 4 is 17.6 Å². The molecule has 1 fully saturated rings. The average molecular weight is 373 g/mol. The van der Waals surface area contributed by atoms with E-state index in [4.69, 9.17) is 4.74 Å². The number of Topliss-reactive ketones (excluding diaryl/α,β-unsaturated/α-hetero) is 1. The van der Waals surface area contributed by atoms with Gasteiger partial charge in [-0.1, -0.05) is 53.4 Å². The fourth-order valence-electron chi connectivity index (χ4n) is 1.94. The van der Waals surface area contributed by atoms with Crippen LogP contribution in [-0.2, 0) is 19.1 Å². The molecule has 0 saturated carbocycles. The number of aliphatic hydroxyl groups is 1. The highest BCUT2D eigenvalue weighted by atomic mass is 16.6. The van der Waals surface area contributed by atoms with Crippen LogP contribution in [-0.4, -0.2) is 54.6 Å². The Morgan fingerprint density at radius 2 is 1.77 bits per heavy atom. The molecule has 1 rings (SSSR count). The Morgan fingerprint density at radius 1 is 1.15 bits per heavy atom. The third kappa shape index (κ3) is 12.8. The van der Waals surface area contributed by atoms with Crippen molar-refractivity contribution in [1.29, 1.82) is 0 Å². The van der Waals surface area contributed by atoms with Gasteiger partial charge >= 0.3 is 0 Å². The maximum Gasteiger partial charge on any atom is 0.245 e. The van der Waals surface area contributed by atoms with E-state index in [1.54, 1.807) is 0 Å². The van der Waals surface area contributed by atoms with Gasteiger partial charge in [-0.3, -0.25) is 14.4 Å². The van der Waals surface area contributed by atoms with Crippen molar-refractivity contribution in [1.82, 2.24) is 10.6 Å².